The van der Waals surface area contributed by atoms with Crippen molar-refractivity contribution in [2.75, 3.05) is 13.1 Å². The molecule has 0 saturated heterocycles. The summed E-state index contributed by atoms with van der Waals surface area (Å²) in [6, 6.07) is -0.710. The summed E-state index contributed by atoms with van der Waals surface area (Å²) in [5.74, 6) is 0.657. The van der Waals surface area contributed by atoms with Gasteiger partial charge in [-0.3, -0.25) is 9.59 Å². The van der Waals surface area contributed by atoms with Gasteiger partial charge in [-0.2, -0.15) is 0 Å². The monoisotopic (exact) mass is 212 g/mol. The molecule has 0 aliphatic rings. The summed E-state index contributed by atoms with van der Waals surface area (Å²) in [6.45, 7) is 3.13. The van der Waals surface area contributed by atoms with Gasteiger partial charge in [-0.05, 0) is 5.92 Å². The fraction of sp³-hybridized carbons (Fsp3) is 0.600. The summed E-state index contributed by atoms with van der Waals surface area (Å²) in [5, 5.41) is 8.58. The molecule has 1 atom stereocenters. The number of carboxylic acid groups (broad SMARTS) is 1. The molecule has 1 amide bonds. The number of hydrogen-bond acceptors (Lipinski definition) is 3. The fourth-order valence-electron chi connectivity index (χ4n) is 0.981. The number of rotatable bonds is 5. The Kier molecular flexibility index (Phi) is 5.42. The van der Waals surface area contributed by atoms with Crippen molar-refractivity contribution in [1.82, 2.24) is 4.90 Å². The van der Waals surface area contributed by atoms with Gasteiger partial charge in [0.05, 0.1) is 12.6 Å². The van der Waals surface area contributed by atoms with Crippen molar-refractivity contribution in [2.45, 2.75) is 19.9 Å². The van der Waals surface area contributed by atoms with Crippen molar-refractivity contribution in [3.05, 3.63) is 0 Å². The van der Waals surface area contributed by atoms with Crippen molar-refractivity contribution >= 4 is 11.9 Å². The summed E-state index contributed by atoms with van der Waals surface area (Å²) in [6.07, 6.45) is 5.04. The van der Waals surface area contributed by atoms with E-state index in [4.69, 9.17) is 17.3 Å². The molecule has 84 valence electrons. The number of carbonyl (C=O) groups excluding carboxylic acids is 1. The van der Waals surface area contributed by atoms with Crippen LogP contribution >= 0.6 is 0 Å². The van der Waals surface area contributed by atoms with Gasteiger partial charge in [0, 0.05) is 0 Å². The van der Waals surface area contributed by atoms with E-state index in [-0.39, 0.29) is 12.5 Å². The largest absolute Gasteiger partial charge is 0.480 e. The smallest absolute Gasteiger partial charge is 0.323 e. The highest BCUT2D eigenvalue weighted by molar-refractivity contribution is 5.85. The highest BCUT2D eigenvalue weighted by Gasteiger charge is 2.24. The Morgan fingerprint density at radius 3 is 2.40 bits per heavy atom. The standard InChI is InChI=1S/C10H16N2O3/c1-4-5-12(6-8(13)14)10(15)9(11)7(2)3/h1,7,9H,5-6,11H2,2-3H3,(H,13,14)/t9-/m0/s1. The first-order valence-electron chi connectivity index (χ1n) is 4.59. The lowest BCUT2D eigenvalue weighted by Gasteiger charge is -2.23. The number of carboxylic acids is 1. The van der Waals surface area contributed by atoms with Gasteiger partial charge >= 0.3 is 5.97 Å². The van der Waals surface area contributed by atoms with Gasteiger partial charge in [-0.1, -0.05) is 19.8 Å². The number of hydrogen-bond donors (Lipinski definition) is 2. The van der Waals surface area contributed by atoms with Gasteiger partial charge in [0.1, 0.15) is 6.54 Å². The van der Waals surface area contributed by atoms with E-state index in [0.717, 1.165) is 4.90 Å². The molecular formula is C10H16N2O3. The van der Waals surface area contributed by atoms with E-state index >= 15 is 0 Å². The molecule has 5 heteroatoms. The lowest BCUT2D eigenvalue weighted by molar-refractivity contribution is -0.144. The van der Waals surface area contributed by atoms with Crippen LogP contribution in [-0.2, 0) is 9.59 Å². The maximum atomic E-state index is 11.7. The van der Waals surface area contributed by atoms with E-state index in [9.17, 15) is 9.59 Å². The number of nitrogens with two attached hydrogens (primary N) is 1. The molecule has 3 N–H and O–H groups in total. The van der Waals surface area contributed by atoms with E-state index in [0.29, 0.717) is 0 Å². The molecule has 0 heterocycles. The summed E-state index contributed by atoms with van der Waals surface area (Å²) in [5.41, 5.74) is 5.61. The van der Waals surface area contributed by atoms with Gasteiger partial charge < -0.3 is 15.7 Å². The molecule has 0 unspecified atom stereocenters. The average molecular weight is 212 g/mol. The van der Waals surface area contributed by atoms with Crippen LogP contribution in [0.5, 0.6) is 0 Å². The molecule has 0 rings (SSSR count). The highest BCUT2D eigenvalue weighted by atomic mass is 16.4. The molecule has 0 aliphatic heterocycles. The van der Waals surface area contributed by atoms with Crippen LogP contribution < -0.4 is 5.73 Å². The van der Waals surface area contributed by atoms with E-state index in [1.807, 2.05) is 0 Å². The van der Waals surface area contributed by atoms with Crippen molar-refractivity contribution in [2.24, 2.45) is 11.7 Å². The number of terminal acetylenes is 1. The Morgan fingerprint density at radius 1 is 1.53 bits per heavy atom. The Hall–Kier alpha value is -1.54. The molecule has 0 spiro atoms. The molecule has 15 heavy (non-hydrogen) atoms. The zero-order valence-corrected chi connectivity index (χ0v) is 8.93. The summed E-state index contributed by atoms with van der Waals surface area (Å²) in [7, 11) is 0. The van der Waals surface area contributed by atoms with Crippen LogP contribution in [0.1, 0.15) is 13.8 Å². The predicted octanol–water partition coefficient (Wildman–Crippen LogP) is -0.484. The number of carbonyl (C=O) groups is 2. The third-order valence-electron chi connectivity index (χ3n) is 1.92. The third-order valence-corrected chi connectivity index (χ3v) is 1.92. The van der Waals surface area contributed by atoms with Gasteiger partial charge in [0.2, 0.25) is 5.91 Å². The van der Waals surface area contributed by atoms with Crippen molar-refractivity contribution in [1.29, 1.82) is 0 Å². The van der Waals surface area contributed by atoms with Crippen molar-refractivity contribution in [3.8, 4) is 12.3 Å². The van der Waals surface area contributed by atoms with Crippen LogP contribution in [-0.4, -0.2) is 41.0 Å². The zero-order valence-electron chi connectivity index (χ0n) is 8.93. The quantitative estimate of drug-likeness (QED) is 0.603. The lowest BCUT2D eigenvalue weighted by atomic mass is 10.0. The highest BCUT2D eigenvalue weighted by Crippen LogP contribution is 2.03. The maximum absolute atomic E-state index is 11.7. The SMILES string of the molecule is C#CCN(CC(=O)O)C(=O)[C@@H](N)C(C)C. The Balaban J connectivity index is 4.55. The average Bonchev–Trinajstić information content (AvgIpc) is 2.14. The minimum absolute atomic E-state index is 0.0362. The number of aliphatic carboxylic acids is 1. The normalized spacial score (nSPS) is 11.9. The van der Waals surface area contributed by atoms with Crippen LogP contribution in [0.4, 0.5) is 0 Å². The van der Waals surface area contributed by atoms with E-state index in [1.54, 1.807) is 13.8 Å². The second kappa shape index (κ2) is 6.04. The van der Waals surface area contributed by atoms with Crippen molar-refractivity contribution < 1.29 is 14.7 Å². The molecule has 0 aromatic carbocycles. The third kappa shape index (κ3) is 4.47. The Morgan fingerprint density at radius 2 is 2.07 bits per heavy atom. The van der Waals surface area contributed by atoms with Crippen LogP contribution in [0.15, 0.2) is 0 Å². The molecule has 0 aromatic heterocycles. The summed E-state index contributed by atoms with van der Waals surface area (Å²) in [4.78, 5) is 23.2. The number of nitrogens with zero attached hydrogens (tertiary/aromatic N) is 1. The lowest BCUT2D eigenvalue weighted by Crippen LogP contribution is -2.48. The number of amides is 1. The minimum atomic E-state index is -1.10. The van der Waals surface area contributed by atoms with E-state index in [2.05, 4.69) is 5.92 Å². The van der Waals surface area contributed by atoms with Crippen LogP contribution in [0, 0.1) is 18.3 Å². The summed E-state index contributed by atoms with van der Waals surface area (Å²) < 4.78 is 0. The topological polar surface area (TPSA) is 83.6 Å². The molecule has 0 bridgehead atoms. The van der Waals surface area contributed by atoms with Crippen LogP contribution in [0.25, 0.3) is 0 Å². The van der Waals surface area contributed by atoms with Crippen molar-refractivity contribution in [3.63, 3.8) is 0 Å². The first-order chi connectivity index (χ1) is 6.90. The molecule has 0 radical (unpaired) electrons. The first-order valence-corrected chi connectivity index (χ1v) is 4.59. The molecule has 5 nitrogen and oxygen atoms in total. The predicted molar refractivity (Wildman–Crippen MR) is 55.9 cm³/mol. The first kappa shape index (κ1) is 13.5. The molecular weight excluding hydrogens is 196 g/mol. The van der Waals surface area contributed by atoms with Gasteiger partial charge in [-0.25, -0.2) is 0 Å². The Bertz CT molecular complexity index is 281. The molecule has 0 fully saturated rings. The molecule has 0 aliphatic carbocycles. The Labute approximate surface area is 89.2 Å². The minimum Gasteiger partial charge on any atom is -0.480 e. The van der Waals surface area contributed by atoms with E-state index < -0.39 is 24.5 Å². The van der Waals surface area contributed by atoms with Gasteiger partial charge in [-0.15, -0.1) is 6.42 Å². The maximum Gasteiger partial charge on any atom is 0.323 e. The second-order valence-corrected chi connectivity index (χ2v) is 3.56. The van der Waals surface area contributed by atoms with Crippen LogP contribution in [0.2, 0.25) is 0 Å². The molecule has 0 saturated carbocycles. The van der Waals surface area contributed by atoms with Gasteiger partial charge in [0.25, 0.3) is 0 Å². The second-order valence-electron chi connectivity index (χ2n) is 3.56. The van der Waals surface area contributed by atoms with Gasteiger partial charge in [0.15, 0.2) is 0 Å². The zero-order chi connectivity index (χ0) is 12.0. The van der Waals surface area contributed by atoms with E-state index in [1.165, 1.54) is 0 Å². The molecule has 0 aromatic rings. The summed E-state index contributed by atoms with van der Waals surface area (Å²) >= 11 is 0. The fourth-order valence-corrected chi connectivity index (χ4v) is 0.981. The van der Waals surface area contributed by atoms with Crippen LogP contribution in [0.3, 0.4) is 0 Å².